The second-order valence-corrected chi connectivity index (χ2v) is 5.35. The van der Waals surface area contributed by atoms with Gasteiger partial charge < -0.3 is 0 Å². The number of alkyl halides is 16. The average molecular weight is 412 g/mol. The maximum absolute atomic E-state index is 13.7. The summed E-state index contributed by atoms with van der Waals surface area (Å²) in [5, 5.41) is 0. The Morgan fingerprint density at radius 2 is 0.560 bits per heavy atom. The molecule has 0 aromatic heterocycles. The molecule has 25 heavy (non-hydrogen) atoms. The van der Waals surface area contributed by atoms with Crippen LogP contribution in [0, 0.1) is 5.41 Å². The van der Waals surface area contributed by atoms with Crippen molar-refractivity contribution < 1.29 is 70.2 Å². The quantitative estimate of drug-likeness (QED) is 0.487. The largest absolute Gasteiger partial charge is 0.412 e. The summed E-state index contributed by atoms with van der Waals surface area (Å²) in [5.74, 6) is -48.1. The first-order valence-electron chi connectivity index (χ1n) is 5.52. The molecule has 0 amide bonds. The van der Waals surface area contributed by atoms with Gasteiger partial charge in [0.25, 0.3) is 5.41 Å². The van der Waals surface area contributed by atoms with Gasteiger partial charge in [0.15, 0.2) is 0 Å². The zero-order chi connectivity index (χ0) is 20.5. The molecule has 0 N–H and O–H groups in total. The molecule has 3 rings (SSSR count). The second kappa shape index (κ2) is 3.92. The molecule has 16 heteroatoms. The van der Waals surface area contributed by atoms with Gasteiger partial charge in [-0.1, -0.05) is 0 Å². The van der Waals surface area contributed by atoms with E-state index in [1.807, 2.05) is 0 Å². The Balaban J connectivity index is 3.26. The third-order valence-corrected chi connectivity index (χ3v) is 4.32. The highest BCUT2D eigenvalue weighted by Gasteiger charge is 3.18. The lowest BCUT2D eigenvalue weighted by Crippen LogP contribution is -2.99. The van der Waals surface area contributed by atoms with Crippen LogP contribution in [-0.4, -0.2) is 47.4 Å². The van der Waals surface area contributed by atoms with Gasteiger partial charge in [0, 0.05) is 0 Å². The molecule has 0 nitrogen and oxygen atoms in total. The van der Waals surface area contributed by atoms with Gasteiger partial charge in [0.2, 0.25) is 0 Å². The number of hydrogen-bond acceptors (Lipinski definition) is 0. The summed E-state index contributed by atoms with van der Waals surface area (Å²) in [6.45, 7) is 0. The summed E-state index contributed by atoms with van der Waals surface area (Å²) in [4.78, 5) is 0. The molecular weight excluding hydrogens is 412 g/mol. The van der Waals surface area contributed by atoms with E-state index < -0.39 is 52.8 Å². The Kier molecular flexibility index (Phi) is 3.16. The summed E-state index contributed by atoms with van der Waals surface area (Å²) < 4.78 is 212. The van der Waals surface area contributed by atoms with Crippen LogP contribution < -0.4 is 0 Å². The highest BCUT2D eigenvalue weighted by Crippen LogP contribution is 2.86. The van der Waals surface area contributed by atoms with Crippen molar-refractivity contribution in [1.82, 2.24) is 0 Å². The lowest BCUT2D eigenvalue weighted by molar-refractivity contribution is -0.604. The fraction of sp³-hybridized carbons (Fsp3) is 1.00. The lowest BCUT2D eigenvalue weighted by atomic mass is 9.47. The number of fused-ring (bicyclic) bond motifs is 3. The fourth-order valence-corrected chi connectivity index (χ4v) is 3.07. The molecule has 2 bridgehead atoms. The van der Waals surface area contributed by atoms with Gasteiger partial charge in [0.1, 0.15) is 0 Å². The molecule has 0 heterocycles. The molecule has 0 atom stereocenters. The van der Waals surface area contributed by atoms with E-state index in [4.69, 9.17) is 0 Å². The molecule has 0 spiro atoms. The second-order valence-electron chi connectivity index (χ2n) is 5.35. The molecular formula is C9F16. The predicted octanol–water partition coefficient (Wildman–Crippen LogP) is 5.08. The summed E-state index contributed by atoms with van der Waals surface area (Å²) in [6.07, 6.45) is -8.15. The van der Waals surface area contributed by atoms with E-state index in [2.05, 4.69) is 0 Å². The van der Waals surface area contributed by atoms with Crippen molar-refractivity contribution in [2.24, 2.45) is 5.41 Å². The zero-order valence-corrected chi connectivity index (χ0v) is 10.5. The standard InChI is InChI=1S/C9F16/c10-2-6(17,18)3(11,12)1(9(23,24)25,4(13,14)7(2,19)20)5(15,16)8(2,21)22. The lowest BCUT2D eigenvalue weighted by Gasteiger charge is -2.67. The normalized spacial score (nSPS) is 42.2. The monoisotopic (exact) mass is 412 g/mol. The predicted molar refractivity (Wildman–Crippen MR) is 42.0 cm³/mol. The Bertz CT molecular complexity index is 536. The molecule has 0 aliphatic heterocycles. The van der Waals surface area contributed by atoms with Crippen LogP contribution >= 0.6 is 0 Å². The Hall–Kier alpha value is -1.12. The zero-order valence-electron chi connectivity index (χ0n) is 10.5. The first-order chi connectivity index (χ1) is 10.5. The van der Waals surface area contributed by atoms with Crippen LogP contribution in [0.4, 0.5) is 70.2 Å². The maximum Gasteiger partial charge on any atom is 0.412 e. The van der Waals surface area contributed by atoms with Crippen LogP contribution in [0.5, 0.6) is 0 Å². The molecule has 148 valence electrons. The first-order valence-corrected chi connectivity index (χ1v) is 5.52. The third-order valence-electron chi connectivity index (χ3n) is 4.32. The highest BCUT2D eigenvalue weighted by atomic mass is 19.4. The highest BCUT2D eigenvalue weighted by molar-refractivity contribution is 5.43. The van der Waals surface area contributed by atoms with Crippen molar-refractivity contribution in [3.05, 3.63) is 0 Å². The van der Waals surface area contributed by atoms with Gasteiger partial charge in [-0.2, -0.15) is 65.9 Å². The average Bonchev–Trinajstić information content (AvgIpc) is 2.31. The summed E-state index contributed by atoms with van der Waals surface area (Å²) >= 11 is 0. The molecule has 3 aliphatic carbocycles. The third kappa shape index (κ3) is 1.26. The van der Waals surface area contributed by atoms with Crippen molar-refractivity contribution in [1.29, 1.82) is 0 Å². The van der Waals surface area contributed by atoms with E-state index in [0.29, 0.717) is 0 Å². The first kappa shape index (κ1) is 20.2. The van der Waals surface area contributed by atoms with E-state index in [0.717, 1.165) is 0 Å². The number of rotatable bonds is 0. The van der Waals surface area contributed by atoms with E-state index in [1.165, 1.54) is 0 Å². The minimum absolute atomic E-state index is 7.95. The van der Waals surface area contributed by atoms with Crippen molar-refractivity contribution in [3.8, 4) is 0 Å². The van der Waals surface area contributed by atoms with Crippen molar-refractivity contribution in [2.45, 2.75) is 47.4 Å². The smallest absolute Gasteiger partial charge is 0.223 e. The molecule has 3 fully saturated rings. The van der Waals surface area contributed by atoms with Crippen LogP contribution in [-0.2, 0) is 0 Å². The van der Waals surface area contributed by atoms with E-state index in [9.17, 15) is 70.2 Å². The van der Waals surface area contributed by atoms with Crippen molar-refractivity contribution in [3.63, 3.8) is 0 Å². The molecule has 3 saturated carbocycles. The fourth-order valence-electron chi connectivity index (χ4n) is 3.07. The van der Waals surface area contributed by atoms with Crippen LogP contribution in [0.15, 0.2) is 0 Å². The SMILES string of the molecule is FC(F)(F)C12C(F)(F)C(F)(F)C(F)(C(F)(F)C1(F)F)C(F)(F)C2(F)F. The van der Waals surface area contributed by atoms with Gasteiger partial charge >= 0.3 is 47.4 Å². The van der Waals surface area contributed by atoms with Crippen molar-refractivity contribution in [2.75, 3.05) is 0 Å². The molecule has 3 aliphatic rings. The van der Waals surface area contributed by atoms with E-state index in [1.54, 1.807) is 0 Å². The molecule has 0 aromatic carbocycles. The van der Waals surface area contributed by atoms with Crippen molar-refractivity contribution >= 4 is 0 Å². The summed E-state index contributed by atoms with van der Waals surface area (Å²) in [7, 11) is 0. The Morgan fingerprint density at radius 1 is 0.360 bits per heavy atom. The van der Waals surface area contributed by atoms with E-state index in [-0.39, 0.29) is 0 Å². The molecule has 0 unspecified atom stereocenters. The van der Waals surface area contributed by atoms with Crippen LogP contribution in [0.2, 0.25) is 0 Å². The van der Waals surface area contributed by atoms with E-state index >= 15 is 0 Å². The maximum atomic E-state index is 13.7. The molecule has 0 aromatic rings. The van der Waals surface area contributed by atoms with Crippen LogP contribution in [0.3, 0.4) is 0 Å². The van der Waals surface area contributed by atoms with Gasteiger partial charge in [-0.3, -0.25) is 0 Å². The topological polar surface area (TPSA) is 0 Å². The molecule has 0 radical (unpaired) electrons. The Morgan fingerprint density at radius 3 is 0.720 bits per heavy atom. The minimum Gasteiger partial charge on any atom is -0.223 e. The summed E-state index contributed by atoms with van der Waals surface area (Å²) in [6, 6.07) is 0. The van der Waals surface area contributed by atoms with Gasteiger partial charge in [-0.15, -0.1) is 0 Å². The van der Waals surface area contributed by atoms with Gasteiger partial charge in [-0.05, 0) is 0 Å². The molecule has 0 saturated heterocycles. The number of halogens is 16. The summed E-state index contributed by atoms with van der Waals surface area (Å²) in [5.41, 5.74) is -16.3. The van der Waals surface area contributed by atoms with Gasteiger partial charge in [0.05, 0.1) is 0 Å². The van der Waals surface area contributed by atoms with Crippen LogP contribution in [0.1, 0.15) is 0 Å². The minimum atomic E-state index is -8.30. The Labute approximate surface area is 124 Å². The van der Waals surface area contributed by atoms with Crippen LogP contribution in [0.25, 0.3) is 0 Å². The van der Waals surface area contributed by atoms with Gasteiger partial charge in [-0.25, -0.2) is 4.39 Å². The number of hydrogen-bond donors (Lipinski definition) is 0.